The van der Waals surface area contributed by atoms with E-state index >= 15 is 0 Å². The van der Waals surface area contributed by atoms with E-state index in [0.717, 1.165) is 40.4 Å². The molecule has 1 atom stereocenters. The predicted octanol–water partition coefficient (Wildman–Crippen LogP) is 4.90. The van der Waals surface area contributed by atoms with Crippen LogP contribution in [0.3, 0.4) is 0 Å². The molecule has 12 heteroatoms. The summed E-state index contributed by atoms with van der Waals surface area (Å²) in [6.07, 6.45) is -2.19. The van der Waals surface area contributed by atoms with E-state index in [1.54, 1.807) is 0 Å². The molecular formula is C22H20F3N6O3+. The maximum atomic E-state index is 12.8. The highest BCUT2D eigenvalue weighted by molar-refractivity contribution is 5.98. The van der Waals surface area contributed by atoms with Gasteiger partial charge in [0.25, 0.3) is 6.20 Å². The lowest BCUT2D eigenvalue weighted by Crippen LogP contribution is -2.39. The van der Waals surface area contributed by atoms with Crippen LogP contribution in [0.4, 0.5) is 29.5 Å². The van der Waals surface area contributed by atoms with Gasteiger partial charge in [-0.3, -0.25) is 14.8 Å². The number of urea groups is 1. The minimum atomic E-state index is -4.62. The van der Waals surface area contributed by atoms with Crippen LogP contribution in [0, 0.1) is 13.8 Å². The SMILES string of the molecule is Cc1noc(C)c1-c1ccc([C@@H](C)[n+]2cc(NC(=O)Nc3ccnc(C(F)(F)F)c3)on2)cc1. The molecule has 0 aliphatic heterocycles. The summed E-state index contributed by atoms with van der Waals surface area (Å²) in [4.78, 5) is 15.4. The van der Waals surface area contributed by atoms with Crippen LogP contribution in [0.25, 0.3) is 11.1 Å². The smallest absolute Gasteiger partial charge is 0.361 e. The number of hydrogen-bond acceptors (Lipinski definition) is 6. The van der Waals surface area contributed by atoms with Crippen molar-refractivity contribution < 1.29 is 31.7 Å². The van der Waals surface area contributed by atoms with Crippen molar-refractivity contribution in [2.45, 2.75) is 33.0 Å². The van der Waals surface area contributed by atoms with E-state index in [9.17, 15) is 18.0 Å². The summed E-state index contributed by atoms with van der Waals surface area (Å²) < 4.78 is 50.2. The van der Waals surface area contributed by atoms with Crippen LogP contribution in [-0.2, 0) is 6.18 Å². The zero-order valence-corrected chi connectivity index (χ0v) is 18.3. The highest BCUT2D eigenvalue weighted by Crippen LogP contribution is 2.29. The number of pyridine rings is 1. The molecule has 0 saturated heterocycles. The first-order valence-electron chi connectivity index (χ1n) is 10.1. The zero-order chi connectivity index (χ0) is 24.5. The standard InChI is InChI=1S/C22H19F3N6O3/c1-12-20(14(3)33-29-12)16-6-4-15(5-7-16)13(2)31-11-19(34-30-31)28-21(32)27-17-8-9-26-18(10-17)22(23,24)25/h4-11,13H,1-3H3,(H-,26,27,28,30,32)/p+1/t13-/m1/s1. The van der Waals surface area contributed by atoms with Crippen molar-refractivity contribution in [2.75, 3.05) is 10.6 Å². The van der Waals surface area contributed by atoms with E-state index in [2.05, 4.69) is 26.0 Å². The molecule has 0 aliphatic rings. The molecule has 0 bridgehead atoms. The van der Waals surface area contributed by atoms with E-state index in [0.29, 0.717) is 0 Å². The van der Waals surface area contributed by atoms with Gasteiger partial charge in [0, 0.05) is 29.9 Å². The molecular weight excluding hydrogens is 453 g/mol. The highest BCUT2D eigenvalue weighted by Gasteiger charge is 2.32. The van der Waals surface area contributed by atoms with Gasteiger partial charge in [0.1, 0.15) is 11.5 Å². The van der Waals surface area contributed by atoms with E-state index in [4.69, 9.17) is 9.05 Å². The Labute approximate surface area is 191 Å². The lowest BCUT2D eigenvalue weighted by atomic mass is 10.0. The minimum absolute atomic E-state index is 0.0155. The molecule has 0 unspecified atom stereocenters. The van der Waals surface area contributed by atoms with Gasteiger partial charge in [-0.15, -0.1) is 0 Å². The molecule has 3 aromatic heterocycles. The molecule has 9 nitrogen and oxygen atoms in total. The second kappa shape index (κ2) is 8.96. The van der Waals surface area contributed by atoms with E-state index in [1.165, 1.54) is 16.9 Å². The third-order valence-electron chi connectivity index (χ3n) is 5.14. The zero-order valence-electron chi connectivity index (χ0n) is 18.3. The molecule has 4 rings (SSSR count). The monoisotopic (exact) mass is 473 g/mol. The Bertz CT molecular complexity index is 1290. The first-order chi connectivity index (χ1) is 16.1. The minimum Gasteiger partial charge on any atom is -0.361 e. The van der Waals surface area contributed by atoms with Gasteiger partial charge in [0.05, 0.1) is 5.69 Å². The Morgan fingerprint density at radius 1 is 1.09 bits per heavy atom. The number of hydrogen-bond donors (Lipinski definition) is 2. The van der Waals surface area contributed by atoms with Crippen molar-refractivity contribution in [2.24, 2.45) is 0 Å². The normalized spacial score (nSPS) is 12.4. The fourth-order valence-corrected chi connectivity index (χ4v) is 3.41. The summed E-state index contributed by atoms with van der Waals surface area (Å²) in [6, 6.07) is 8.74. The molecule has 1 aromatic carbocycles. The van der Waals surface area contributed by atoms with Crippen LogP contribution in [0.15, 0.2) is 57.8 Å². The molecule has 0 spiro atoms. The lowest BCUT2D eigenvalue weighted by molar-refractivity contribution is -0.774. The summed E-state index contributed by atoms with van der Waals surface area (Å²) in [5.74, 6) is 0.751. The number of carbonyl (C=O) groups is 1. The van der Waals surface area contributed by atoms with Gasteiger partial charge in [-0.25, -0.2) is 4.79 Å². The van der Waals surface area contributed by atoms with Gasteiger partial charge < -0.3 is 9.84 Å². The quantitative estimate of drug-likeness (QED) is 0.399. The molecule has 0 radical (unpaired) electrons. The van der Waals surface area contributed by atoms with E-state index < -0.39 is 17.9 Å². The summed E-state index contributed by atoms with van der Waals surface area (Å²) in [6.45, 7) is 5.63. The predicted molar refractivity (Wildman–Crippen MR) is 114 cm³/mol. The van der Waals surface area contributed by atoms with Crippen LogP contribution in [0.2, 0.25) is 0 Å². The summed E-state index contributed by atoms with van der Waals surface area (Å²) in [5, 5.41) is 12.6. The molecule has 0 aliphatic carbocycles. The fourth-order valence-electron chi connectivity index (χ4n) is 3.41. The molecule has 2 N–H and O–H groups in total. The molecule has 34 heavy (non-hydrogen) atoms. The highest BCUT2D eigenvalue weighted by atomic mass is 19.4. The van der Waals surface area contributed by atoms with Gasteiger partial charge in [-0.05, 0) is 36.2 Å². The summed E-state index contributed by atoms with van der Waals surface area (Å²) >= 11 is 0. The number of carbonyl (C=O) groups excluding carboxylic acids is 1. The molecule has 4 aromatic rings. The Morgan fingerprint density at radius 3 is 2.47 bits per heavy atom. The number of alkyl halides is 3. The number of halogens is 3. The number of aromatic nitrogens is 4. The van der Waals surface area contributed by atoms with Gasteiger partial charge in [0.15, 0.2) is 0 Å². The first kappa shape index (κ1) is 23.0. The molecule has 0 fully saturated rings. The van der Waals surface area contributed by atoms with E-state index in [-0.39, 0.29) is 17.6 Å². The summed E-state index contributed by atoms with van der Waals surface area (Å²) in [5.41, 5.74) is 2.47. The average molecular weight is 473 g/mol. The lowest BCUT2D eigenvalue weighted by Gasteiger charge is -2.08. The maximum absolute atomic E-state index is 12.8. The topological polar surface area (TPSA) is 110 Å². The number of rotatable bonds is 5. The number of amides is 2. The number of nitrogens with one attached hydrogen (secondary N) is 2. The third kappa shape index (κ3) is 4.90. The van der Waals surface area contributed by atoms with Gasteiger partial charge in [0.2, 0.25) is 11.3 Å². The van der Waals surface area contributed by atoms with Crippen LogP contribution in [0.1, 0.15) is 35.7 Å². The van der Waals surface area contributed by atoms with Gasteiger partial charge in [-0.1, -0.05) is 29.4 Å². The van der Waals surface area contributed by atoms with Crippen LogP contribution in [0.5, 0.6) is 0 Å². The van der Waals surface area contributed by atoms with E-state index in [1.807, 2.05) is 45.0 Å². The molecule has 3 heterocycles. The Kier molecular flexibility index (Phi) is 6.05. The fraction of sp³-hybridized carbons (Fsp3) is 0.227. The molecule has 176 valence electrons. The van der Waals surface area contributed by atoms with Crippen LogP contribution >= 0.6 is 0 Å². The number of nitrogens with zero attached hydrogens (tertiary/aromatic N) is 4. The van der Waals surface area contributed by atoms with Crippen molar-refractivity contribution >= 4 is 17.6 Å². The van der Waals surface area contributed by atoms with Crippen molar-refractivity contribution in [1.29, 1.82) is 0 Å². The van der Waals surface area contributed by atoms with Crippen molar-refractivity contribution in [1.82, 2.24) is 15.4 Å². The number of aryl methyl sites for hydroxylation is 2. The summed E-state index contributed by atoms with van der Waals surface area (Å²) in [7, 11) is 0. The van der Waals surface area contributed by atoms with Crippen LogP contribution < -0.4 is 15.3 Å². The molecule has 2 amide bonds. The number of benzene rings is 1. The van der Waals surface area contributed by atoms with Gasteiger partial charge >= 0.3 is 18.1 Å². The largest absolute Gasteiger partial charge is 0.433 e. The van der Waals surface area contributed by atoms with Crippen molar-refractivity contribution in [3.05, 3.63) is 71.5 Å². The maximum Gasteiger partial charge on any atom is 0.433 e. The second-order valence-corrected chi connectivity index (χ2v) is 7.55. The Hall–Kier alpha value is -4.22. The average Bonchev–Trinajstić information content (AvgIpc) is 3.39. The third-order valence-corrected chi connectivity index (χ3v) is 5.14. The van der Waals surface area contributed by atoms with Crippen molar-refractivity contribution in [3.8, 4) is 11.1 Å². The molecule has 0 saturated carbocycles. The van der Waals surface area contributed by atoms with Gasteiger partial charge in [-0.2, -0.15) is 13.2 Å². The second-order valence-electron chi connectivity index (χ2n) is 7.55. The van der Waals surface area contributed by atoms with Crippen LogP contribution in [-0.4, -0.2) is 21.4 Å². The number of anilines is 2. The van der Waals surface area contributed by atoms with Crippen molar-refractivity contribution in [3.63, 3.8) is 0 Å². The Morgan fingerprint density at radius 2 is 1.82 bits per heavy atom. The Balaban J connectivity index is 1.41. The first-order valence-corrected chi connectivity index (χ1v) is 10.1.